The monoisotopic (exact) mass is 1010 g/mol. The molecule has 5 heterocycles. The summed E-state index contributed by atoms with van der Waals surface area (Å²) in [7, 11) is 0. The highest BCUT2D eigenvalue weighted by molar-refractivity contribution is 6.21. The summed E-state index contributed by atoms with van der Waals surface area (Å²) < 4.78 is 25.7. The van der Waals surface area contributed by atoms with Crippen LogP contribution in [0.1, 0.15) is 0 Å². The molecule has 0 spiro atoms. The Morgan fingerprint density at radius 3 is 1.00 bits per heavy atom. The van der Waals surface area contributed by atoms with Gasteiger partial charge < -0.3 is 32.2 Å². The molecule has 17 aromatic rings. The molecule has 7 nitrogen and oxygen atoms in total. The molecule has 0 unspecified atom stereocenters. The van der Waals surface area contributed by atoms with E-state index >= 15 is 0 Å². The van der Waals surface area contributed by atoms with Gasteiger partial charge in [-0.1, -0.05) is 133 Å². The van der Waals surface area contributed by atoms with Gasteiger partial charge in [-0.3, -0.25) is 0 Å². The van der Waals surface area contributed by atoms with Gasteiger partial charge in [0, 0.05) is 88.0 Å². The van der Waals surface area contributed by atoms with Gasteiger partial charge in [0.1, 0.15) is 22.3 Å². The summed E-state index contributed by atoms with van der Waals surface area (Å²) in [6.45, 7) is 0. The van der Waals surface area contributed by atoms with E-state index in [2.05, 4.69) is 286 Å². The first kappa shape index (κ1) is 43.5. The maximum Gasteiger partial charge on any atom is 0.159 e. The van der Waals surface area contributed by atoms with Crippen molar-refractivity contribution >= 4 is 144 Å². The molecule has 370 valence electrons. The van der Waals surface area contributed by atoms with Crippen molar-refractivity contribution in [1.82, 2.24) is 9.13 Å². The average Bonchev–Trinajstić information content (AvgIpc) is 4.44. The Kier molecular flexibility index (Phi) is 9.28. The molecule has 0 aliphatic rings. The third-order valence-corrected chi connectivity index (χ3v) is 16.0. The molecule has 0 aliphatic heterocycles. The van der Waals surface area contributed by atoms with Gasteiger partial charge in [0.25, 0.3) is 0 Å². The lowest BCUT2D eigenvalue weighted by atomic mass is 10.1. The molecule has 0 bridgehead atoms. The van der Waals surface area contributed by atoms with Crippen LogP contribution in [-0.2, 0) is 0 Å². The van der Waals surface area contributed by atoms with E-state index in [1.54, 1.807) is 0 Å². The van der Waals surface area contributed by atoms with Crippen molar-refractivity contribution in [2.75, 3.05) is 9.80 Å². The Hall–Kier alpha value is -10.8. The molecule has 79 heavy (non-hydrogen) atoms. The van der Waals surface area contributed by atoms with Crippen molar-refractivity contribution in [3.05, 3.63) is 267 Å². The summed E-state index contributed by atoms with van der Waals surface area (Å²) in [5.74, 6) is 0. The Labute approximate surface area is 451 Å². The first-order chi connectivity index (χ1) is 39.2. The van der Waals surface area contributed by atoms with E-state index in [4.69, 9.17) is 13.3 Å². The van der Waals surface area contributed by atoms with Crippen molar-refractivity contribution < 1.29 is 13.3 Å². The molecule has 0 atom stereocenters. The standard InChI is InChI=1S/C72H44N4O3/c1-5-19-45(20-6-1)73(49-35-37-63-55(39-49)51-27-13-15-31-61(51)75(63)47-23-9-3-10-24-47)65-33-17-29-53-57-41-67-59(43-69(57)78-71(53)65)60-44-70-58(42-68(60)77-67)54-30-18-34-66(72(54)79-70)74(46-21-7-2-8-22-46)50-36-38-64-56(40-50)52-28-14-16-32-62(52)76(64)48-25-11-4-12-26-48/h1-44H. The fourth-order valence-corrected chi connectivity index (χ4v) is 12.6. The van der Waals surface area contributed by atoms with Crippen molar-refractivity contribution in [3.8, 4) is 11.4 Å². The van der Waals surface area contributed by atoms with E-state index in [9.17, 15) is 0 Å². The van der Waals surface area contributed by atoms with Crippen LogP contribution >= 0.6 is 0 Å². The van der Waals surface area contributed by atoms with Crippen LogP contribution in [-0.4, -0.2) is 9.13 Å². The summed E-state index contributed by atoms with van der Waals surface area (Å²) in [5.41, 5.74) is 17.6. The SMILES string of the molecule is c1ccc(N(c2ccc3c(c2)c2ccccc2n3-c2ccccc2)c2cccc3c2oc2cc4c(cc23)oc2cc3c(cc24)oc2c(N(c4ccccc4)c4ccc5c(c4)c4ccccc4n5-c4ccccc4)cccc23)cc1. The lowest BCUT2D eigenvalue weighted by Gasteiger charge is -2.25. The maximum absolute atomic E-state index is 7.07. The summed E-state index contributed by atoms with van der Waals surface area (Å²) in [6, 6.07) is 94.6. The second-order valence-electron chi connectivity index (χ2n) is 20.4. The minimum absolute atomic E-state index is 0.779. The Morgan fingerprint density at radius 2 is 0.570 bits per heavy atom. The molecule has 0 saturated heterocycles. The van der Waals surface area contributed by atoms with Crippen LogP contribution in [0.3, 0.4) is 0 Å². The molecule has 0 aliphatic carbocycles. The molecular weight excluding hydrogens is 969 g/mol. The van der Waals surface area contributed by atoms with Gasteiger partial charge in [-0.2, -0.15) is 0 Å². The van der Waals surface area contributed by atoms with Crippen molar-refractivity contribution in [2.24, 2.45) is 0 Å². The van der Waals surface area contributed by atoms with E-state index in [0.29, 0.717) is 0 Å². The van der Waals surface area contributed by atoms with Crippen LogP contribution in [0.4, 0.5) is 34.1 Å². The first-order valence-electron chi connectivity index (χ1n) is 26.7. The number of hydrogen-bond donors (Lipinski definition) is 0. The molecule has 0 radical (unpaired) electrons. The summed E-state index contributed by atoms with van der Waals surface area (Å²) in [5, 5.41) is 10.6. The van der Waals surface area contributed by atoms with Crippen molar-refractivity contribution in [1.29, 1.82) is 0 Å². The number of furan rings is 3. The number of benzene rings is 12. The van der Waals surface area contributed by atoms with E-state index in [1.165, 1.54) is 21.5 Å². The highest BCUT2D eigenvalue weighted by Gasteiger charge is 2.25. The Bertz CT molecular complexity index is 4930. The Balaban J connectivity index is 0.804. The number of rotatable bonds is 8. The number of hydrogen-bond acceptors (Lipinski definition) is 5. The number of para-hydroxylation sites is 8. The average molecular weight is 1010 g/mol. The van der Waals surface area contributed by atoms with E-state index in [1.807, 2.05) is 0 Å². The first-order valence-corrected chi connectivity index (χ1v) is 26.7. The fraction of sp³-hybridized carbons (Fsp3) is 0. The molecule has 5 aromatic heterocycles. The fourth-order valence-electron chi connectivity index (χ4n) is 12.6. The molecule has 17 rings (SSSR count). The van der Waals surface area contributed by atoms with E-state index in [0.717, 1.165) is 133 Å². The predicted octanol–water partition coefficient (Wildman–Crippen LogP) is 20.5. The second kappa shape index (κ2) is 16.9. The van der Waals surface area contributed by atoms with Gasteiger partial charge in [0.2, 0.25) is 0 Å². The lowest BCUT2D eigenvalue weighted by Crippen LogP contribution is -2.10. The predicted molar refractivity (Wildman–Crippen MR) is 326 cm³/mol. The minimum atomic E-state index is 0.779. The molecule has 0 N–H and O–H groups in total. The molecular formula is C72H44N4O3. The van der Waals surface area contributed by atoms with Crippen LogP contribution in [0, 0.1) is 0 Å². The number of anilines is 6. The van der Waals surface area contributed by atoms with Gasteiger partial charge >= 0.3 is 0 Å². The van der Waals surface area contributed by atoms with Crippen LogP contribution in [0.25, 0.3) is 121 Å². The topological polar surface area (TPSA) is 55.8 Å². The summed E-state index contributed by atoms with van der Waals surface area (Å²) >= 11 is 0. The summed E-state index contributed by atoms with van der Waals surface area (Å²) in [4.78, 5) is 4.62. The molecule has 0 saturated carbocycles. The minimum Gasteiger partial charge on any atom is -0.456 e. The molecule has 0 fully saturated rings. The van der Waals surface area contributed by atoms with Gasteiger partial charge in [0.15, 0.2) is 11.2 Å². The number of nitrogens with zero attached hydrogens (tertiary/aromatic N) is 4. The van der Waals surface area contributed by atoms with Crippen LogP contribution in [0.15, 0.2) is 280 Å². The van der Waals surface area contributed by atoms with Gasteiger partial charge in [-0.05, 0) is 133 Å². The zero-order chi connectivity index (χ0) is 51.7. The smallest absolute Gasteiger partial charge is 0.159 e. The molecule has 7 heteroatoms. The third kappa shape index (κ3) is 6.54. The van der Waals surface area contributed by atoms with Crippen LogP contribution < -0.4 is 9.80 Å². The lowest BCUT2D eigenvalue weighted by molar-refractivity contribution is 0.662. The van der Waals surface area contributed by atoms with Gasteiger partial charge in [-0.15, -0.1) is 0 Å². The largest absolute Gasteiger partial charge is 0.456 e. The second-order valence-corrected chi connectivity index (χ2v) is 20.4. The van der Waals surface area contributed by atoms with Crippen molar-refractivity contribution in [2.45, 2.75) is 0 Å². The Morgan fingerprint density at radius 1 is 0.228 bits per heavy atom. The molecule has 12 aromatic carbocycles. The van der Waals surface area contributed by atoms with Gasteiger partial charge in [0.05, 0.1) is 33.4 Å². The van der Waals surface area contributed by atoms with Crippen LogP contribution in [0.2, 0.25) is 0 Å². The number of fused-ring (bicyclic) bond motifs is 15. The van der Waals surface area contributed by atoms with Crippen molar-refractivity contribution in [3.63, 3.8) is 0 Å². The zero-order valence-electron chi connectivity index (χ0n) is 42.4. The van der Waals surface area contributed by atoms with E-state index in [-0.39, 0.29) is 0 Å². The normalized spacial score (nSPS) is 12.1. The zero-order valence-corrected chi connectivity index (χ0v) is 42.4. The quantitative estimate of drug-likeness (QED) is 0.152. The number of aromatic nitrogens is 2. The maximum atomic E-state index is 7.07. The highest BCUT2D eigenvalue weighted by atomic mass is 16.3. The van der Waals surface area contributed by atoms with Gasteiger partial charge in [-0.25, -0.2) is 0 Å². The third-order valence-electron chi connectivity index (χ3n) is 16.0. The molecule has 0 amide bonds. The highest BCUT2D eigenvalue weighted by Crippen LogP contribution is 2.48. The van der Waals surface area contributed by atoms with Crippen LogP contribution in [0.5, 0.6) is 0 Å². The summed E-state index contributed by atoms with van der Waals surface area (Å²) in [6.07, 6.45) is 0. The van der Waals surface area contributed by atoms with E-state index < -0.39 is 0 Å².